The summed E-state index contributed by atoms with van der Waals surface area (Å²) in [5.41, 5.74) is 1.88. The number of nitrogens with one attached hydrogen (secondary N) is 3. The SMILES string of the molecule is CS(=O)(=O)Nc1ccc(NC(=O)NCCc2ccc(F)cc2)cc1. The Labute approximate surface area is 140 Å². The first-order chi connectivity index (χ1) is 11.3. The van der Waals surface area contributed by atoms with E-state index in [2.05, 4.69) is 15.4 Å². The molecule has 3 N–H and O–H groups in total. The summed E-state index contributed by atoms with van der Waals surface area (Å²) < 4.78 is 37.3. The molecule has 0 saturated heterocycles. The maximum atomic E-state index is 12.8. The fourth-order valence-corrected chi connectivity index (χ4v) is 2.55. The number of anilines is 2. The first-order valence-electron chi connectivity index (χ1n) is 7.19. The molecule has 2 aromatic carbocycles. The third kappa shape index (κ3) is 6.25. The summed E-state index contributed by atoms with van der Waals surface area (Å²) in [5, 5.41) is 5.33. The van der Waals surface area contributed by atoms with Crippen molar-refractivity contribution in [1.82, 2.24) is 5.32 Å². The Morgan fingerprint density at radius 2 is 1.58 bits per heavy atom. The van der Waals surface area contributed by atoms with Gasteiger partial charge in [-0.25, -0.2) is 17.6 Å². The molecule has 0 aliphatic rings. The van der Waals surface area contributed by atoms with Crippen molar-refractivity contribution in [3.8, 4) is 0 Å². The molecule has 0 spiro atoms. The van der Waals surface area contributed by atoms with Crippen molar-refractivity contribution in [1.29, 1.82) is 0 Å². The predicted molar refractivity (Wildman–Crippen MR) is 92.0 cm³/mol. The number of hydrogen-bond donors (Lipinski definition) is 3. The van der Waals surface area contributed by atoms with E-state index in [1.54, 1.807) is 36.4 Å². The molecule has 0 aliphatic heterocycles. The molecule has 0 radical (unpaired) electrons. The van der Waals surface area contributed by atoms with Crippen LogP contribution in [0.25, 0.3) is 0 Å². The number of benzene rings is 2. The molecular weight excluding hydrogens is 333 g/mol. The lowest BCUT2D eigenvalue weighted by Crippen LogP contribution is -2.30. The van der Waals surface area contributed by atoms with Crippen molar-refractivity contribution in [3.63, 3.8) is 0 Å². The maximum Gasteiger partial charge on any atom is 0.319 e. The number of sulfonamides is 1. The first-order valence-corrected chi connectivity index (χ1v) is 9.08. The van der Waals surface area contributed by atoms with Crippen LogP contribution in [0.3, 0.4) is 0 Å². The normalized spacial score (nSPS) is 10.9. The van der Waals surface area contributed by atoms with E-state index in [4.69, 9.17) is 0 Å². The van der Waals surface area contributed by atoms with Gasteiger partial charge < -0.3 is 10.6 Å². The van der Waals surface area contributed by atoms with Gasteiger partial charge in [-0.05, 0) is 48.4 Å². The number of amides is 2. The van der Waals surface area contributed by atoms with Gasteiger partial charge in [-0.15, -0.1) is 0 Å². The average molecular weight is 351 g/mol. The molecule has 0 fully saturated rings. The van der Waals surface area contributed by atoms with E-state index in [1.807, 2.05) is 0 Å². The van der Waals surface area contributed by atoms with Gasteiger partial charge in [0.15, 0.2) is 0 Å². The smallest absolute Gasteiger partial charge is 0.319 e. The lowest BCUT2D eigenvalue weighted by molar-refractivity contribution is 0.252. The van der Waals surface area contributed by atoms with Crippen molar-refractivity contribution in [3.05, 3.63) is 59.9 Å². The number of rotatable bonds is 6. The number of carbonyl (C=O) groups is 1. The zero-order valence-corrected chi connectivity index (χ0v) is 13.9. The molecule has 0 heterocycles. The molecule has 2 aromatic rings. The molecule has 0 saturated carbocycles. The largest absolute Gasteiger partial charge is 0.338 e. The molecule has 24 heavy (non-hydrogen) atoms. The van der Waals surface area contributed by atoms with Crippen LogP contribution < -0.4 is 15.4 Å². The van der Waals surface area contributed by atoms with Gasteiger partial charge in [0.2, 0.25) is 10.0 Å². The van der Waals surface area contributed by atoms with Crippen LogP contribution >= 0.6 is 0 Å². The Hall–Kier alpha value is -2.61. The van der Waals surface area contributed by atoms with E-state index < -0.39 is 10.0 Å². The molecule has 0 aromatic heterocycles. The van der Waals surface area contributed by atoms with Crippen molar-refractivity contribution in [2.45, 2.75) is 6.42 Å². The molecule has 0 unspecified atom stereocenters. The van der Waals surface area contributed by atoms with E-state index in [0.29, 0.717) is 24.3 Å². The van der Waals surface area contributed by atoms with Crippen LogP contribution in [0.2, 0.25) is 0 Å². The summed E-state index contributed by atoms with van der Waals surface area (Å²) in [7, 11) is -3.33. The lowest BCUT2D eigenvalue weighted by atomic mass is 10.1. The highest BCUT2D eigenvalue weighted by Crippen LogP contribution is 2.14. The average Bonchev–Trinajstić information content (AvgIpc) is 2.50. The number of hydrogen-bond acceptors (Lipinski definition) is 3. The molecular formula is C16H18FN3O3S. The topological polar surface area (TPSA) is 87.3 Å². The molecule has 6 nitrogen and oxygen atoms in total. The molecule has 2 amide bonds. The summed E-state index contributed by atoms with van der Waals surface area (Å²) in [4.78, 5) is 11.8. The van der Waals surface area contributed by atoms with Gasteiger partial charge in [0.1, 0.15) is 5.82 Å². The van der Waals surface area contributed by atoms with Crippen molar-refractivity contribution in [2.75, 3.05) is 22.8 Å². The zero-order chi connectivity index (χ0) is 17.6. The molecule has 0 bridgehead atoms. The van der Waals surface area contributed by atoms with Crippen molar-refractivity contribution >= 4 is 27.4 Å². The Morgan fingerprint density at radius 3 is 2.17 bits per heavy atom. The van der Waals surface area contributed by atoms with Crippen LogP contribution in [0.5, 0.6) is 0 Å². The van der Waals surface area contributed by atoms with Crippen LogP contribution in [-0.4, -0.2) is 27.2 Å². The maximum absolute atomic E-state index is 12.8. The minimum atomic E-state index is -3.33. The van der Waals surface area contributed by atoms with Crippen molar-refractivity contribution < 1.29 is 17.6 Å². The van der Waals surface area contributed by atoms with Crippen LogP contribution in [0.15, 0.2) is 48.5 Å². The van der Waals surface area contributed by atoms with E-state index in [9.17, 15) is 17.6 Å². The molecule has 0 atom stereocenters. The molecule has 2 rings (SSSR count). The van der Waals surface area contributed by atoms with E-state index in [-0.39, 0.29) is 11.8 Å². The number of urea groups is 1. The monoisotopic (exact) mass is 351 g/mol. The van der Waals surface area contributed by atoms with Gasteiger partial charge in [-0.2, -0.15) is 0 Å². The summed E-state index contributed by atoms with van der Waals surface area (Å²) in [6.07, 6.45) is 1.65. The number of carbonyl (C=O) groups excluding carboxylic acids is 1. The number of halogens is 1. The van der Waals surface area contributed by atoms with Gasteiger partial charge in [0, 0.05) is 17.9 Å². The Kier molecular flexibility index (Phi) is 5.75. The summed E-state index contributed by atoms with van der Waals surface area (Å²) in [5.74, 6) is -0.293. The molecule has 128 valence electrons. The fraction of sp³-hybridized carbons (Fsp3) is 0.188. The van der Waals surface area contributed by atoms with Crippen LogP contribution in [-0.2, 0) is 16.4 Å². The van der Waals surface area contributed by atoms with Crippen LogP contribution in [0.1, 0.15) is 5.56 Å². The predicted octanol–water partition coefficient (Wildman–Crippen LogP) is 2.56. The van der Waals surface area contributed by atoms with Gasteiger partial charge in [-0.1, -0.05) is 12.1 Å². The first kappa shape index (κ1) is 17.7. The van der Waals surface area contributed by atoms with Crippen molar-refractivity contribution in [2.24, 2.45) is 0 Å². The molecule has 8 heteroatoms. The summed E-state index contributed by atoms with van der Waals surface area (Å²) >= 11 is 0. The van der Waals surface area contributed by atoms with E-state index in [1.165, 1.54) is 12.1 Å². The highest BCUT2D eigenvalue weighted by molar-refractivity contribution is 7.92. The quantitative estimate of drug-likeness (QED) is 0.747. The highest BCUT2D eigenvalue weighted by Gasteiger charge is 2.04. The van der Waals surface area contributed by atoms with Gasteiger partial charge >= 0.3 is 6.03 Å². The second-order valence-corrected chi connectivity index (χ2v) is 6.96. The van der Waals surface area contributed by atoms with Gasteiger partial charge in [0.05, 0.1) is 6.26 Å². The summed E-state index contributed by atoms with van der Waals surface area (Å²) in [6.45, 7) is 0.408. The second-order valence-electron chi connectivity index (χ2n) is 5.21. The van der Waals surface area contributed by atoms with E-state index in [0.717, 1.165) is 11.8 Å². The fourth-order valence-electron chi connectivity index (χ4n) is 1.98. The minimum Gasteiger partial charge on any atom is -0.338 e. The standard InChI is InChI=1S/C16H18FN3O3S/c1-24(22,23)20-15-8-6-14(7-9-15)19-16(21)18-11-10-12-2-4-13(17)5-3-12/h2-9,20H,10-11H2,1H3,(H2,18,19,21). The minimum absolute atomic E-state index is 0.293. The Bertz CT molecular complexity index is 790. The van der Waals surface area contributed by atoms with Crippen LogP contribution in [0.4, 0.5) is 20.6 Å². The third-order valence-electron chi connectivity index (χ3n) is 3.06. The molecule has 0 aliphatic carbocycles. The van der Waals surface area contributed by atoms with Gasteiger partial charge in [-0.3, -0.25) is 4.72 Å². The second kappa shape index (κ2) is 7.78. The highest BCUT2D eigenvalue weighted by atomic mass is 32.2. The van der Waals surface area contributed by atoms with Crippen LogP contribution in [0, 0.1) is 5.82 Å². The lowest BCUT2D eigenvalue weighted by Gasteiger charge is -2.09. The van der Waals surface area contributed by atoms with E-state index >= 15 is 0 Å². The van der Waals surface area contributed by atoms with Gasteiger partial charge in [0.25, 0.3) is 0 Å². The Balaban J connectivity index is 1.78. The zero-order valence-electron chi connectivity index (χ0n) is 13.0. The Morgan fingerprint density at radius 1 is 1.00 bits per heavy atom. The summed E-state index contributed by atoms with van der Waals surface area (Å²) in [6, 6.07) is 12.0. The third-order valence-corrected chi connectivity index (χ3v) is 3.66.